The fraction of sp³-hybridized carbons (Fsp3) is 0.778. The molecule has 0 amide bonds. The smallest absolute Gasteiger partial charge is 0.209 e. The Morgan fingerprint density at radius 1 is 1.36 bits per heavy atom. The summed E-state index contributed by atoms with van der Waals surface area (Å²) in [5, 5.41) is 0. The van der Waals surface area contributed by atoms with Crippen molar-refractivity contribution in [2.45, 2.75) is 39.5 Å². The molecule has 1 radical (unpaired) electrons. The second kappa shape index (κ2) is 6.08. The van der Waals surface area contributed by atoms with Gasteiger partial charge in [-0.1, -0.05) is 20.3 Å². The molecule has 0 aromatic heterocycles. The van der Waals surface area contributed by atoms with E-state index in [1.165, 1.54) is 0 Å². The highest BCUT2D eigenvalue weighted by Crippen LogP contribution is 2.07. The fourth-order valence-corrected chi connectivity index (χ4v) is 0.995. The molecule has 1 unspecified atom stereocenters. The molecule has 0 fully saturated rings. The predicted octanol–water partition coefficient (Wildman–Crippen LogP) is 1.88. The molecule has 63 valence electrons. The second-order valence-electron chi connectivity index (χ2n) is 2.68. The summed E-state index contributed by atoms with van der Waals surface area (Å²) in [5.74, 6) is -0.413. The highest BCUT2D eigenvalue weighted by atomic mass is 16.1. The Bertz CT molecular complexity index is 130. The highest BCUT2D eigenvalue weighted by molar-refractivity contribution is 5.93. The average molecular weight is 155 g/mol. The monoisotopic (exact) mass is 155 g/mol. The third-order valence-electron chi connectivity index (χ3n) is 1.60. The molecule has 2 heteroatoms. The predicted molar refractivity (Wildman–Crippen MR) is 44.0 cm³/mol. The van der Waals surface area contributed by atoms with Crippen molar-refractivity contribution in [3.05, 3.63) is 0 Å². The maximum absolute atomic E-state index is 11.1. The van der Waals surface area contributed by atoms with Crippen LogP contribution < -0.4 is 0 Å². The largest absolute Gasteiger partial charge is 0.299 e. The average Bonchev–Trinajstić information content (AvgIpc) is 2.00. The summed E-state index contributed by atoms with van der Waals surface area (Å²) >= 11 is 0. The molecular weight excluding hydrogens is 140 g/mol. The molecule has 0 aliphatic heterocycles. The zero-order chi connectivity index (χ0) is 8.69. The van der Waals surface area contributed by atoms with E-state index in [9.17, 15) is 9.59 Å². The second-order valence-corrected chi connectivity index (χ2v) is 2.68. The molecule has 0 aliphatic rings. The Kier molecular flexibility index (Phi) is 5.71. The maximum Gasteiger partial charge on any atom is 0.209 e. The first-order valence-electron chi connectivity index (χ1n) is 4.16. The lowest BCUT2D eigenvalue weighted by atomic mass is 9.97. The van der Waals surface area contributed by atoms with Gasteiger partial charge in [0.15, 0.2) is 0 Å². The van der Waals surface area contributed by atoms with Gasteiger partial charge in [-0.15, -0.1) is 0 Å². The molecule has 0 aromatic rings. The van der Waals surface area contributed by atoms with Gasteiger partial charge >= 0.3 is 0 Å². The van der Waals surface area contributed by atoms with E-state index in [0.717, 1.165) is 12.8 Å². The van der Waals surface area contributed by atoms with Crippen molar-refractivity contribution in [3.63, 3.8) is 0 Å². The molecule has 0 heterocycles. The standard InChI is InChI=1S/C9H15O2/c1-3-5-8(7-10)9(11)6-4-2/h8H,3-6H2,1-2H3. The number of rotatable bonds is 6. The van der Waals surface area contributed by atoms with Crippen LogP contribution in [0.2, 0.25) is 0 Å². The first-order valence-corrected chi connectivity index (χ1v) is 4.16. The molecule has 11 heavy (non-hydrogen) atoms. The first kappa shape index (κ1) is 10.3. The maximum atomic E-state index is 11.1. The number of hydrogen-bond donors (Lipinski definition) is 0. The van der Waals surface area contributed by atoms with Crippen LogP contribution in [0.1, 0.15) is 39.5 Å². The van der Waals surface area contributed by atoms with E-state index >= 15 is 0 Å². The van der Waals surface area contributed by atoms with Gasteiger partial charge in [0.2, 0.25) is 6.29 Å². The van der Waals surface area contributed by atoms with Crippen LogP contribution in [-0.2, 0) is 9.59 Å². The minimum Gasteiger partial charge on any atom is -0.299 e. The van der Waals surface area contributed by atoms with Gasteiger partial charge in [-0.05, 0) is 12.8 Å². The summed E-state index contributed by atoms with van der Waals surface area (Å²) in [6.07, 6.45) is 4.65. The van der Waals surface area contributed by atoms with Crippen molar-refractivity contribution >= 4 is 12.1 Å². The Hall–Kier alpha value is -0.660. The summed E-state index contributed by atoms with van der Waals surface area (Å²) < 4.78 is 0. The molecule has 0 saturated carbocycles. The molecule has 0 N–H and O–H groups in total. The highest BCUT2D eigenvalue weighted by Gasteiger charge is 2.15. The van der Waals surface area contributed by atoms with Crippen molar-refractivity contribution in [2.24, 2.45) is 5.92 Å². The molecular formula is C9H15O2. The normalized spacial score (nSPS) is 12.5. The summed E-state index contributed by atoms with van der Waals surface area (Å²) in [4.78, 5) is 21.4. The van der Waals surface area contributed by atoms with Crippen LogP contribution in [0.15, 0.2) is 0 Å². The van der Waals surface area contributed by atoms with Gasteiger partial charge in [0.1, 0.15) is 5.78 Å². The quantitative estimate of drug-likeness (QED) is 0.549. The number of Topliss-reactive ketones (excluding diaryl/α,β-unsaturated/α-hetero) is 1. The van der Waals surface area contributed by atoms with E-state index in [2.05, 4.69) is 0 Å². The van der Waals surface area contributed by atoms with Crippen molar-refractivity contribution in [1.82, 2.24) is 0 Å². The molecule has 1 atom stereocenters. The molecule has 0 bridgehead atoms. The van der Waals surface area contributed by atoms with E-state index in [0.29, 0.717) is 12.8 Å². The minimum atomic E-state index is -0.458. The lowest BCUT2D eigenvalue weighted by Crippen LogP contribution is -2.14. The van der Waals surface area contributed by atoms with Crippen molar-refractivity contribution in [1.29, 1.82) is 0 Å². The van der Waals surface area contributed by atoms with Crippen LogP contribution in [-0.4, -0.2) is 12.1 Å². The molecule has 0 aromatic carbocycles. The Morgan fingerprint density at radius 2 is 2.00 bits per heavy atom. The number of hydrogen-bond acceptors (Lipinski definition) is 2. The van der Waals surface area contributed by atoms with E-state index in [1.807, 2.05) is 13.8 Å². The van der Waals surface area contributed by atoms with E-state index in [1.54, 1.807) is 6.29 Å². The van der Waals surface area contributed by atoms with Gasteiger partial charge in [-0.25, -0.2) is 0 Å². The SMILES string of the molecule is CCCC(=O)C([C]=O)CCC. The lowest BCUT2D eigenvalue weighted by Gasteiger charge is -2.04. The van der Waals surface area contributed by atoms with Crippen LogP contribution in [0.5, 0.6) is 0 Å². The zero-order valence-electron chi connectivity index (χ0n) is 7.22. The van der Waals surface area contributed by atoms with Crippen LogP contribution in [0, 0.1) is 5.92 Å². The molecule has 0 spiro atoms. The van der Waals surface area contributed by atoms with Gasteiger partial charge in [0, 0.05) is 6.42 Å². The summed E-state index contributed by atoms with van der Waals surface area (Å²) in [6.45, 7) is 3.90. The van der Waals surface area contributed by atoms with E-state index in [-0.39, 0.29) is 5.78 Å². The van der Waals surface area contributed by atoms with Crippen LogP contribution in [0.3, 0.4) is 0 Å². The number of ketones is 1. The van der Waals surface area contributed by atoms with Crippen molar-refractivity contribution in [3.8, 4) is 0 Å². The van der Waals surface area contributed by atoms with Gasteiger partial charge in [-0.2, -0.15) is 0 Å². The van der Waals surface area contributed by atoms with E-state index < -0.39 is 5.92 Å². The Balaban J connectivity index is 3.81. The Labute approximate surface area is 68.0 Å². The topological polar surface area (TPSA) is 34.1 Å². The summed E-state index contributed by atoms with van der Waals surface area (Å²) in [6, 6.07) is 0. The van der Waals surface area contributed by atoms with Crippen molar-refractivity contribution < 1.29 is 9.59 Å². The lowest BCUT2D eigenvalue weighted by molar-refractivity contribution is -0.121. The van der Waals surface area contributed by atoms with Crippen molar-refractivity contribution in [2.75, 3.05) is 0 Å². The van der Waals surface area contributed by atoms with Crippen LogP contribution in [0.4, 0.5) is 0 Å². The molecule has 2 nitrogen and oxygen atoms in total. The first-order chi connectivity index (χ1) is 5.26. The number of carbonyl (C=O) groups excluding carboxylic acids is 2. The number of carbonyl (C=O) groups is 1. The molecule has 0 saturated heterocycles. The van der Waals surface area contributed by atoms with Crippen LogP contribution in [0.25, 0.3) is 0 Å². The minimum absolute atomic E-state index is 0.0457. The van der Waals surface area contributed by atoms with Gasteiger partial charge in [0.05, 0.1) is 5.92 Å². The van der Waals surface area contributed by atoms with Gasteiger partial charge in [-0.3, -0.25) is 9.59 Å². The summed E-state index contributed by atoms with van der Waals surface area (Å²) in [5.41, 5.74) is 0. The van der Waals surface area contributed by atoms with E-state index in [4.69, 9.17) is 0 Å². The zero-order valence-corrected chi connectivity index (χ0v) is 7.22. The summed E-state index contributed by atoms with van der Waals surface area (Å²) in [7, 11) is 0. The Morgan fingerprint density at radius 3 is 2.36 bits per heavy atom. The molecule has 0 rings (SSSR count). The third-order valence-corrected chi connectivity index (χ3v) is 1.60. The molecule has 0 aliphatic carbocycles. The van der Waals surface area contributed by atoms with Gasteiger partial charge in [0.25, 0.3) is 0 Å². The third kappa shape index (κ3) is 3.91. The fourth-order valence-electron chi connectivity index (χ4n) is 0.995. The van der Waals surface area contributed by atoms with Crippen LogP contribution >= 0.6 is 0 Å². The van der Waals surface area contributed by atoms with Gasteiger partial charge < -0.3 is 0 Å².